The molecule has 128 valence electrons. The molecule has 0 aliphatic heterocycles. The van der Waals surface area contributed by atoms with Crippen molar-refractivity contribution in [1.29, 1.82) is 0 Å². The minimum Gasteiger partial charge on any atom is -0.375 e. The van der Waals surface area contributed by atoms with E-state index in [2.05, 4.69) is 15.6 Å². The lowest BCUT2D eigenvalue weighted by Crippen LogP contribution is -2.39. The predicted molar refractivity (Wildman–Crippen MR) is 90.8 cm³/mol. The Morgan fingerprint density at radius 2 is 1.79 bits per heavy atom. The quantitative estimate of drug-likeness (QED) is 0.631. The molecule has 2 rings (SSSR count). The van der Waals surface area contributed by atoms with Gasteiger partial charge < -0.3 is 15.4 Å². The Bertz CT molecular complexity index is 674. The van der Waals surface area contributed by atoms with Crippen molar-refractivity contribution >= 4 is 5.96 Å². The summed E-state index contributed by atoms with van der Waals surface area (Å²) < 4.78 is 32.0. The van der Waals surface area contributed by atoms with E-state index in [0.717, 1.165) is 5.56 Å². The number of hydrogen-bond donors (Lipinski definition) is 2. The van der Waals surface area contributed by atoms with Crippen molar-refractivity contribution in [3.8, 4) is 0 Å². The van der Waals surface area contributed by atoms with Crippen LogP contribution < -0.4 is 10.6 Å². The Morgan fingerprint density at radius 1 is 1.08 bits per heavy atom. The first-order chi connectivity index (χ1) is 11.6. The van der Waals surface area contributed by atoms with E-state index in [1.165, 1.54) is 18.2 Å². The molecule has 0 amide bonds. The van der Waals surface area contributed by atoms with E-state index in [1.807, 2.05) is 0 Å². The molecule has 2 aromatic carbocycles. The van der Waals surface area contributed by atoms with Gasteiger partial charge in [-0.2, -0.15) is 0 Å². The SMILES string of the molecule is CN=C(NCc1ccccc1F)NCC(OC)c1ccc(F)cc1. The fraction of sp³-hybridized carbons (Fsp3) is 0.278. The molecule has 1 atom stereocenters. The van der Waals surface area contributed by atoms with E-state index in [-0.39, 0.29) is 17.7 Å². The Morgan fingerprint density at radius 3 is 2.42 bits per heavy atom. The van der Waals surface area contributed by atoms with Crippen LogP contribution in [0.1, 0.15) is 17.2 Å². The number of rotatable bonds is 6. The molecule has 0 aliphatic carbocycles. The molecule has 2 aromatic rings. The second-order valence-corrected chi connectivity index (χ2v) is 5.17. The van der Waals surface area contributed by atoms with Crippen molar-refractivity contribution in [1.82, 2.24) is 10.6 Å². The van der Waals surface area contributed by atoms with Gasteiger partial charge in [-0.1, -0.05) is 30.3 Å². The van der Waals surface area contributed by atoms with Crippen LogP contribution in [-0.2, 0) is 11.3 Å². The summed E-state index contributed by atoms with van der Waals surface area (Å²) in [5.41, 5.74) is 1.42. The number of benzene rings is 2. The lowest BCUT2D eigenvalue weighted by Gasteiger charge is -2.19. The summed E-state index contributed by atoms with van der Waals surface area (Å²) in [6.07, 6.45) is -0.252. The van der Waals surface area contributed by atoms with E-state index < -0.39 is 0 Å². The molecule has 0 fully saturated rings. The first-order valence-electron chi connectivity index (χ1n) is 7.60. The summed E-state index contributed by atoms with van der Waals surface area (Å²) >= 11 is 0. The highest BCUT2D eigenvalue weighted by molar-refractivity contribution is 5.79. The largest absolute Gasteiger partial charge is 0.375 e. The molecule has 0 aliphatic rings. The Balaban J connectivity index is 1.90. The van der Waals surface area contributed by atoms with Gasteiger partial charge in [-0.25, -0.2) is 8.78 Å². The maximum atomic E-state index is 13.6. The van der Waals surface area contributed by atoms with Crippen LogP contribution in [0.3, 0.4) is 0 Å². The van der Waals surface area contributed by atoms with E-state index in [0.29, 0.717) is 24.6 Å². The zero-order chi connectivity index (χ0) is 17.4. The van der Waals surface area contributed by atoms with Crippen LogP contribution in [0.2, 0.25) is 0 Å². The molecule has 0 radical (unpaired) electrons. The molecular weight excluding hydrogens is 312 g/mol. The summed E-state index contributed by atoms with van der Waals surface area (Å²) in [5, 5.41) is 6.17. The predicted octanol–water partition coefficient (Wildman–Crippen LogP) is 3.02. The Labute approximate surface area is 140 Å². The third-order valence-electron chi connectivity index (χ3n) is 3.61. The number of guanidine groups is 1. The average molecular weight is 333 g/mol. The topological polar surface area (TPSA) is 45.7 Å². The minimum atomic E-state index is -0.288. The fourth-order valence-corrected chi connectivity index (χ4v) is 2.25. The number of aliphatic imine (C=N–C) groups is 1. The van der Waals surface area contributed by atoms with E-state index in [4.69, 9.17) is 4.74 Å². The first kappa shape index (κ1) is 17.9. The van der Waals surface area contributed by atoms with Crippen molar-refractivity contribution in [2.75, 3.05) is 20.7 Å². The molecule has 1 unspecified atom stereocenters. The summed E-state index contributed by atoms with van der Waals surface area (Å²) in [6.45, 7) is 0.764. The number of nitrogens with one attached hydrogen (secondary N) is 2. The molecule has 2 N–H and O–H groups in total. The van der Waals surface area contributed by atoms with E-state index in [9.17, 15) is 8.78 Å². The van der Waals surface area contributed by atoms with Crippen LogP contribution in [-0.4, -0.2) is 26.7 Å². The van der Waals surface area contributed by atoms with Crippen molar-refractivity contribution in [2.45, 2.75) is 12.6 Å². The summed E-state index contributed by atoms with van der Waals surface area (Å²) in [6, 6.07) is 12.7. The molecule has 0 saturated carbocycles. The summed E-state index contributed by atoms with van der Waals surface area (Å²) in [7, 11) is 3.22. The highest BCUT2D eigenvalue weighted by Gasteiger charge is 2.11. The van der Waals surface area contributed by atoms with Gasteiger partial charge in [0, 0.05) is 32.8 Å². The second kappa shape index (κ2) is 8.98. The van der Waals surface area contributed by atoms with Crippen LogP contribution in [0.15, 0.2) is 53.5 Å². The van der Waals surface area contributed by atoms with E-state index in [1.54, 1.807) is 44.5 Å². The number of ether oxygens (including phenoxy) is 1. The average Bonchev–Trinajstić information content (AvgIpc) is 2.60. The smallest absolute Gasteiger partial charge is 0.191 e. The second-order valence-electron chi connectivity index (χ2n) is 5.17. The Kier molecular flexibility index (Phi) is 6.69. The normalized spacial score (nSPS) is 12.8. The maximum absolute atomic E-state index is 13.6. The zero-order valence-electron chi connectivity index (χ0n) is 13.7. The third-order valence-corrected chi connectivity index (χ3v) is 3.61. The van der Waals surface area contributed by atoms with Crippen molar-refractivity contribution in [3.05, 3.63) is 71.3 Å². The van der Waals surface area contributed by atoms with Gasteiger partial charge in [0.1, 0.15) is 11.6 Å². The lowest BCUT2D eigenvalue weighted by molar-refractivity contribution is 0.106. The number of methoxy groups -OCH3 is 1. The molecular formula is C18H21F2N3O. The fourth-order valence-electron chi connectivity index (χ4n) is 2.25. The molecule has 4 nitrogen and oxygen atoms in total. The molecule has 0 spiro atoms. The monoisotopic (exact) mass is 333 g/mol. The maximum Gasteiger partial charge on any atom is 0.191 e. The molecule has 0 heterocycles. The molecule has 0 saturated heterocycles. The highest BCUT2D eigenvalue weighted by Crippen LogP contribution is 2.16. The van der Waals surface area contributed by atoms with Crippen molar-refractivity contribution in [2.24, 2.45) is 4.99 Å². The molecule has 24 heavy (non-hydrogen) atoms. The molecule has 0 bridgehead atoms. The Hall–Kier alpha value is -2.47. The lowest BCUT2D eigenvalue weighted by atomic mass is 10.1. The van der Waals surface area contributed by atoms with Crippen LogP contribution >= 0.6 is 0 Å². The summed E-state index contributed by atoms with van der Waals surface area (Å²) in [4.78, 5) is 4.10. The van der Waals surface area contributed by atoms with Crippen LogP contribution in [0.25, 0.3) is 0 Å². The van der Waals surface area contributed by atoms with Crippen molar-refractivity contribution < 1.29 is 13.5 Å². The number of hydrogen-bond acceptors (Lipinski definition) is 2. The van der Waals surface area contributed by atoms with Gasteiger partial charge >= 0.3 is 0 Å². The zero-order valence-corrected chi connectivity index (χ0v) is 13.7. The van der Waals surface area contributed by atoms with Gasteiger partial charge in [0.25, 0.3) is 0 Å². The number of nitrogens with zero attached hydrogens (tertiary/aromatic N) is 1. The van der Waals surface area contributed by atoms with Crippen LogP contribution in [0, 0.1) is 11.6 Å². The van der Waals surface area contributed by atoms with Gasteiger partial charge in [-0.15, -0.1) is 0 Å². The number of halogens is 2. The van der Waals surface area contributed by atoms with Crippen LogP contribution in [0.4, 0.5) is 8.78 Å². The van der Waals surface area contributed by atoms with Gasteiger partial charge in [0.05, 0.1) is 6.10 Å². The standard InChI is InChI=1S/C18H21F2N3O/c1-21-18(22-11-14-5-3-4-6-16(14)20)23-12-17(24-2)13-7-9-15(19)10-8-13/h3-10,17H,11-12H2,1-2H3,(H2,21,22,23). The van der Waals surface area contributed by atoms with Gasteiger partial charge in [-0.05, 0) is 23.8 Å². The van der Waals surface area contributed by atoms with Gasteiger partial charge in [0.2, 0.25) is 0 Å². The van der Waals surface area contributed by atoms with Gasteiger partial charge in [-0.3, -0.25) is 4.99 Å². The molecule has 6 heteroatoms. The molecule has 0 aromatic heterocycles. The van der Waals surface area contributed by atoms with E-state index >= 15 is 0 Å². The summed E-state index contributed by atoms with van der Waals surface area (Å²) in [5.74, 6) is -0.0205. The van der Waals surface area contributed by atoms with Crippen LogP contribution in [0.5, 0.6) is 0 Å². The minimum absolute atomic E-state index is 0.252. The highest BCUT2D eigenvalue weighted by atomic mass is 19.1. The van der Waals surface area contributed by atoms with Crippen molar-refractivity contribution in [3.63, 3.8) is 0 Å². The third kappa shape index (κ3) is 5.03. The first-order valence-corrected chi connectivity index (χ1v) is 7.60. The van der Waals surface area contributed by atoms with Gasteiger partial charge in [0.15, 0.2) is 5.96 Å².